The molecule has 1 aromatic rings. The summed E-state index contributed by atoms with van der Waals surface area (Å²) >= 11 is 1.55. The van der Waals surface area contributed by atoms with E-state index in [0.29, 0.717) is 24.9 Å². The van der Waals surface area contributed by atoms with Crippen molar-refractivity contribution in [1.29, 1.82) is 0 Å². The maximum Gasteiger partial charge on any atom is 0.254 e. The highest BCUT2D eigenvalue weighted by molar-refractivity contribution is 7.08. The van der Waals surface area contributed by atoms with Crippen molar-refractivity contribution in [1.82, 2.24) is 9.80 Å². The molecule has 2 amide bonds. The SMILES string of the molecule is CC1CCCN(C(=O)C2CCN(C(=O)c3ccsc3)CC2)C1. The van der Waals surface area contributed by atoms with Gasteiger partial charge in [-0.1, -0.05) is 6.92 Å². The summed E-state index contributed by atoms with van der Waals surface area (Å²) in [5.74, 6) is 1.16. The molecule has 0 radical (unpaired) electrons. The van der Waals surface area contributed by atoms with Crippen LogP contribution in [0.5, 0.6) is 0 Å². The van der Waals surface area contributed by atoms with Gasteiger partial charge in [0.2, 0.25) is 5.91 Å². The lowest BCUT2D eigenvalue weighted by Gasteiger charge is -2.37. The molecule has 1 atom stereocenters. The van der Waals surface area contributed by atoms with E-state index in [4.69, 9.17) is 0 Å². The number of hydrogen-bond donors (Lipinski definition) is 0. The first kappa shape index (κ1) is 15.5. The van der Waals surface area contributed by atoms with Crippen LogP contribution in [0.4, 0.5) is 0 Å². The lowest BCUT2D eigenvalue weighted by molar-refractivity contribution is -0.138. The molecule has 0 aromatic carbocycles. The maximum atomic E-state index is 12.6. The van der Waals surface area contributed by atoms with Gasteiger partial charge in [-0.3, -0.25) is 9.59 Å². The van der Waals surface area contributed by atoms with E-state index in [9.17, 15) is 9.59 Å². The van der Waals surface area contributed by atoms with Gasteiger partial charge in [0.1, 0.15) is 0 Å². The molecule has 3 heterocycles. The lowest BCUT2D eigenvalue weighted by atomic mass is 9.92. The molecule has 3 rings (SSSR count). The van der Waals surface area contributed by atoms with Crippen LogP contribution in [0.1, 0.15) is 43.0 Å². The van der Waals surface area contributed by atoms with Crippen molar-refractivity contribution < 1.29 is 9.59 Å². The normalized spacial score (nSPS) is 23.6. The van der Waals surface area contributed by atoms with Crippen molar-refractivity contribution in [2.45, 2.75) is 32.6 Å². The first-order valence-electron chi connectivity index (χ1n) is 8.25. The zero-order valence-electron chi connectivity index (χ0n) is 13.2. The van der Waals surface area contributed by atoms with Gasteiger partial charge in [-0.25, -0.2) is 0 Å². The van der Waals surface area contributed by atoms with E-state index in [2.05, 4.69) is 11.8 Å². The number of thiophene rings is 1. The number of carbonyl (C=O) groups is 2. The van der Waals surface area contributed by atoms with E-state index < -0.39 is 0 Å². The number of likely N-dealkylation sites (tertiary alicyclic amines) is 2. The fourth-order valence-electron chi connectivity index (χ4n) is 3.55. The molecule has 2 saturated heterocycles. The standard InChI is InChI=1S/C17H24N2O2S/c1-13-3-2-7-19(11-13)16(20)14-4-8-18(9-5-14)17(21)15-6-10-22-12-15/h6,10,12-14H,2-5,7-9,11H2,1H3. The number of rotatable bonds is 2. The van der Waals surface area contributed by atoms with Crippen LogP contribution in [0.3, 0.4) is 0 Å². The van der Waals surface area contributed by atoms with E-state index in [1.54, 1.807) is 11.3 Å². The van der Waals surface area contributed by atoms with Crippen molar-refractivity contribution in [3.8, 4) is 0 Å². The zero-order valence-corrected chi connectivity index (χ0v) is 14.0. The average Bonchev–Trinajstić information content (AvgIpc) is 3.08. The van der Waals surface area contributed by atoms with E-state index in [1.807, 2.05) is 21.7 Å². The first-order valence-corrected chi connectivity index (χ1v) is 9.19. The van der Waals surface area contributed by atoms with Gasteiger partial charge in [0.25, 0.3) is 5.91 Å². The Morgan fingerprint density at radius 2 is 1.91 bits per heavy atom. The predicted octanol–water partition coefficient (Wildman–Crippen LogP) is 2.86. The Morgan fingerprint density at radius 1 is 1.14 bits per heavy atom. The molecule has 120 valence electrons. The third-order valence-corrected chi connectivity index (χ3v) is 5.55. The second-order valence-corrected chi connectivity index (χ2v) is 7.39. The Balaban J connectivity index is 1.53. The molecular formula is C17H24N2O2S. The minimum atomic E-state index is 0.108. The molecule has 0 bridgehead atoms. The van der Waals surface area contributed by atoms with Gasteiger partial charge in [-0.2, -0.15) is 11.3 Å². The van der Waals surface area contributed by atoms with Crippen LogP contribution in [-0.2, 0) is 4.79 Å². The Morgan fingerprint density at radius 3 is 2.55 bits per heavy atom. The summed E-state index contributed by atoms with van der Waals surface area (Å²) in [7, 11) is 0. The van der Waals surface area contributed by atoms with Crippen molar-refractivity contribution in [2.24, 2.45) is 11.8 Å². The van der Waals surface area contributed by atoms with Crippen LogP contribution in [0.15, 0.2) is 16.8 Å². The summed E-state index contributed by atoms with van der Waals surface area (Å²) in [5, 5.41) is 3.83. The van der Waals surface area contributed by atoms with Crippen molar-refractivity contribution in [3.05, 3.63) is 22.4 Å². The second-order valence-electron chi connectivity index (χ2n) is 6.61. The maximum absolute atomic E-state index is 12.6. The third-order valence-electron chi connectivity index (χ3n) is 4.87. The van der Waals surface area contributed by atoms with E-state index in [0.717, 1.165) is 37.9 Å². The molecular weight excluding hydrogens is 296 g/mol. The third kappa shape index (κ3) is 3.35. The fourth-order valence-corrected chi connectivity index (χ4v) is 4.18. The lowest BCUT2D eigenvalue weighted by Crippen LogP contribution is -2.46. The van der Waals surface area contributed by atoms with Crippen LogP contribution < -0.4 is 0 Å². The summed E-state index contributed by atoms with van der Waals surface area (Å²) in [6, 6.07) is 1.87. The number of piperidine rings is 2. The molecule has 5 heteroatoms. The van der Waals surface area contributed by atoms with Crippen molar-refractivity contribution in [2.75, 3.05) is 26.2 Å². The first-order chi connectivity index (χ1) is 10.6. The molecule has 1 aromatic heterocycles. The van der Waals surface area contributed by atoms with E-state index in [-0.39, 0.29) is 11.8 Å². The molecule has 2 fully saturated rings. The summed E-state index contributed by atoms with van der Waals surface area (Å²) in [6.07, 6.45) is 3.97. The summed E-state index contributed by atoms with van der Waals surface area (Å²) in [6.45, 7) is 5.45. The van der Waals surface area contributed by atoms with Gasteiger partial charge >= 0.3 is 0 Å². The van der Waals surface area contributed by atoms with Gasteiger partial charge in [0.15, 0.2) is 0 Å². The minimum absolute atomic E-state index is 0.108. The molecule has 22 heavy (non-hydrogen) atoms. The quantitative estimate of drug-likeness (QED) is 0.841. The van der Waals surface area contributed by atoms with Crippen molar-refractivity contribution >= 4 is 23.2 Å². The molecule has 1 unspecified atom stereocenters. The molecule has 0 N–H and O–H groups in total. The van der Waals surface area contributed by atoms with Gasteiger partial charge in [0, 0.05) is 37.5 Å². The number of carbonyl (C=O) groups excluding carboxylic acids is 2. The smallest absolute Gasteiger partial charge is 0.254 e. The molecule has 2 aliphatic heterocycles. The van der Waals surface area contributed by atoms with Gasteiger partial charge in [-0.15, -0.1) is 0 Å². The Hall–Kier alpha value is -1.36. The molecule has 0 spiro atoms. The van der Waals surface area contributed by atoms with Gasteiger partial charge < -0.3 is 9.80 Å². The zero-order chi connectivity index (χ0) is 15.5. The Kier molecular flexibility index (Phi) is 4.81. The largest absolute Gasteiger partial charge is 0.342 e. The summed E-state index contributed by atoms with van der Waals surface area (Å²) < 4.78 is 0. The molecule has 0 saturated carbocycles. The monoisotopic (exact) mass is 320 g/mol. The second kappa shape index (κ2) is 6.82. The summed E-state index contributed by atoms with van der Waals surface area (Å²) in [4.78, 5) is 28.9. The molecule has 0 aliphatic carbocycles. The predicted molar refractivity (Wildman–Crippen MR) is 87.9 cm³/mol. The van der Waals surface area contributed by atoms with Gasteiger partial charge in [0.05, 0.1) is 5.56 Å². The number of hydrogen-bond acceptors (Lipinski definition) is 3. The Bertz CT molecular complexity index is 521. The highest BCUT2D eigenvalue weighted by Gasteiger charge is 2.31. The summed E-state index contributed by atoms with van der Waals surface area (Å²) in [5.41, 5.74) is 0.777. The topological polar surface area (TPSA) is 40.6 Å². The highest BCUT2D eigenvalue weighted by atomic mass is 32.1. The average molecular weight is 320 g/mol. The highest BCUT2D eigenvalue weighted by Crippen LogP contribution is 2.24. The van der Waals surface area contributed by atoms with Gasteiger partial charge in [-0.05, 0) is 43.0 Å². The van der Waals surface area contributed by atoms with Crippen LogP contribution >= 0.6 is 11.3 Å². The molecule has 2 aliphatic rings. The molecule has 4 nitrogen and oxygen atoms in total. The number of amides is 2. The van der Waals surface area contributed by atoms with Crippen LogP contribution in [0, 0.1) is 11.8 Å². The van der Waals surface area contributed by atoms with E-state index in [1.165, 1.54) is 6.42 Å². The van der Waals surface area contributed by atoms with E-state index >= 15 is 0 Å². The van der Waals surface area contributed by atoms with Crippen LogP contribution in [0.2, 0.25) is 0 Å². The minimum Gasteiger partial charge on any atom is -0.342 e. The fraction of sp³-hybridized carbons (Fsp3) is 0.647. The van der Waals surface area contributed by atoms with Crippen LogP contribution in [-0.4, -0.2) is 47.8 Å². The van der Waals surface area contributed by atoms with Crippen molar-refractivity contribution in [3.63, 3.8) is 0 Å². The van der Waals surface area contributed by atoms with Crippen LogP contribution in [0.25, 0.3) is 0 Å². The number of nitrogens with zero attached hydrogens (tertiary/aromatic N) is 2. The Labute approximate surface area is 136 Å².